The number of alkyl halides is 1. The van der Waals surface area contributed by atoms with E-state index in [0.29, 0.717) is 17.4 Å². The highest BCUT2D eigenvalue weighted by Gasteiger charge is 2.27. The van der Waals surface area contributed by atoms with Crippen molar-refractivity contribution in [1.29, 1.82) is 0 Å². The Bertz CT molecular complexity index is 421. The lowest BCUT2D eigenvalue weighted by Gasteiger charge is -2.20. The zero-order valence-electron chi connectivity index (χ0n) is 9.04. The Hall–Kier alpha value is -0.540. The maximum Gasteiger partial charge on any atom is 0.231 e. The summed E-state index contributed by atoms with van der Waals surface area (Å²) in [6.45, 7) is 2.86. The lowest BCUT2D eigenvalue weighted by Crippen LogP contribution is -2.31. The van der Waals surface area contributed by atoms with Gasteiger partial charge in [0.2, 0.25) is 5.91 Å². The highest BCUT2D eigenvalue weighted by atomic mass is 79.9. The van der Waals surface area contributed by atoms with Crippen molar-refractivity contribution in [3.05, 3.63) is 28.8 Å². The van der Waals surface area contributed by atoms with Crippen LogP contribution in [0, 0.1) is 5.92 Å². The van der Waals surface area contributed by atoms with Gasteiger partial charge >= 0.3 is 0 Å². The number of rotatable bonds is 3. The summed E-state index contributed by atoms with van der Waals surface area (Å²) in [5.41, 5.74) is 2.06. The molecule has 0 aliphatic carbocycles. The molecule has 1 aromatic carbocycles. The van der Waals surface area contributed by atoms with Gasteiger partial charge in [-0.1, -0.05) is 40.5 Å². The Balaban J connectivity index is 2.28. The number of hydrogen-bond donors (Lipinski definition) is 0. The number of amides is 1. The summed E-state index contributed by atoms with van der Waals surface area (Å²) >= 11 is 9.39. The first-order valence-electron chi connectivity index (χ1n) is 5.26. The van der Waals surface area contributed by atoms with Crippen molar-refractivity contribution in [2.75, 3.05) is 16.8 Å². The highest BCUT2D eigenvalue weighted by Crippen LogP contribution is 2.32. The Morgan fingerprint density at radius 1 is 1.56 bits per heavy atom. The Morgan fingerprint density at radius 2 is 2.31 bits per heavy atom. The third-order valence-electron chi connectivity index (χ3n) is 2.74. The van der Waals surface area contributed by atoms with E-state index in [1.165, 1.54) is 0 Å². The van der Waals surface area contributed by atoms with Crippen LogP contribution in [0.5, 0.6) is 0 Å². The molecule has 2 rings (SSSR count). The standard InChI is InChI=1S/C12H13BrClNO/c1-8(6-13)7-15-11-5-10(14)3-2-9(11)4-12(15)16/h2-3,5,8H,4,6-7H2,1H3. The summed E-state index contributed by atoms with van der Waals surface area (Å²) in [6.07, 6.45) is 0.501. The van der Waals surface area contributed by atoms with Gasteiger partial charge < -0.3 is 4.90 Å². The SMILES string of the molecule is CC(CBr)CN1C(=O)Cc2ccc(Cl)cc21. The summed E-state index contributed by atoms with van der Waals surface area (Å²) in [5, 5.41) is 1.58. The van der Waals surface area contributed by atoms with Gasteiger partial charge in [0.05, 0.1) is 6.42 Å². The van der Waals surface area contributed by atoms with Crippen LogP contribution in [0.1, 0.15) is 12.5 Å². The van der Waals surface area contributed by atoms with E-state index >= 15 is 0 Å². The van der Waals surface area contributed by atoms with E-state index in [9.17, 15) is 4.79 Å². The zero-order chi connectivity index (χ0) is 11.7. The average Bonchev–Trinajstić information content (AvgIpc) is 2.55. The van der Waals surface area contributed by atoms with E-state index in [0.717, 1.165) is 23.1 Å². The molecular formula is C12H13BrClNO. The van der Waals surface area contributed by atoms with Crippen LogP contribution >= 0.6 is 27.5 Å². The van der Waals surface area contributed by atoms with Crippen LogP contribution in [0.15, 0.2) is 18.2 Å². The molecule has 0 saturated heterocycles. The van der Waals surface area contributed by atoms with Gasteiger partial charge in [-0.25, -0.2) is 0 Å². The Labute approximate surface area is 109 Å². The van der Waals surface area contributed by atoms with Gasteiger partial charge in [0.15, 0.2) is 0 Å². The second-order valence-corrected chi connectivity index (χ2v) is 5.30. The molecular weight excluding hydrogens is 289 g/mol. The van der Waals surface area contributed by atoms with Crippen molar-refractivity contribution in [3.63, 3.8) is 0 Å². The topological polar surface area (TPSA) is 20.3 Å². The molecule has 1 heterocycles. The molecule has 2 nitrogen and oxygen atoms in total. The summed E-state index contributed by atoms with van der Waals surface area (Å²) < 4.78 is 0. The quantitative estimate of drug-likeness (QED) is 0.785. The van der Waals surface area contributed by atoms with Crippen molar-refractivity contribution in [2.45, 2.75) is 13.3 Å². The van der Waals surface area contributed by atoms with Gasteiger partial charge in [0.1, 0.15) is 0 Å². The third kappa shape index (κ3) is 2.25. The van der Waals surface area contributed by atoms with Crippen molar-refractivity contribution in [2.24, 2.45) is 5.92 Å². The second kappa shape index (κ2) is 4.76. The number of nitrogens with zero attached hydrogens (tertiary/aromatic N) is 1. The number of benzene rings is 1. The molecule has 1 amide bonds. The smallest absolute Gasteiger partial charge is 0.231 e. The lowest BCUT2D eigenvalue weighted by atomic mass is 10.1. The molecule has 1 aromatic rings. The third-order valence-corrected chi connectivity index (χ3v) is 4.08. The molecule has 1 aliphatic rings. The molecule has 0 spiro atoms. The van der Waals surface area contributed by atoms with Gasteiger partial charge in [0, 0.05) is 22.6 Å². The van der Waals surface area contributed by atoms with Gasteiger partial charge in [0.25, 0.3) is 0 Å². The molecule has 1 unspecified atom stereocenters. The fraction of sp³-hybridized carbons (Fsp3) is 0.417. The second-order valence-electron chi connectivity index (χ2n) is 4.21. The lowest BCUT2D eigenvalue weighted by molar-refractivity contribution is -0.117. The highest BCUT2D eigenvalue weighted by molar-refractivity contribution is 9.09. The number of halogens is 2. The fourth-order valence-electron chi connectivity index (χ4n) is 1.89. The first-order valence-corrected chi connectivity index (χ1v) is 6.76. The summed E-state index contributed by atoms with van der Waals surface area (Å²) in [5.74, 6) is 0.610. The molecule has 0 bridgehead atoms. The first-order chi connectivity index (χ1) is 7.61. The van der Waals surface area contributed by atoms with Crippen molar-refractivity contribution >= 4 is 39.1 Å². The molecule has 0 fully saturated rings. The van der Waals surface area contributed by atoms with Crippen molar-refractivity contribution in [3.8, 4) is 0 Å². The zero-order valence-corrected chi connectivity index (χ0v) is 11.4. The van der Waals surface area contributed by atoms with Crippen LogP contribution in [0.25, 0.3) is 0 Å². The Kier molecular flexibility index (Phi) is 3.55. The monoisotopic (exact) mass is 301 g/mol. The van der Waals surface area contributed by atoms with Gasteiger partial charge in [-0.2, -0.15) is 0 Å². The minimum absolute atomic E-state index is 0.171. The number of hydrogen-bond acceptors (Lipinski definition) is 1. The van der Waals surface area contributed by atoms with Gasteiger partial charge in [-0.3, -0.25) is 4.79 Å². The number of carbonyl (C=O) groups is 1. The minimum Gasteiger partial charge on any atom is -0.311 e. The molecule has 0 N–H and O–H groups in total. The van der Waals surface area contributed by atoms with E-state index in [1.54, 1.807) is 0 Å². The van der Waals surface area contributed by atoms with Gasteiger partial charge in [-0.15, -0.1) is 0 Å². The average molecular weight is 303 g/mol. The van der Waals surface area contributed by atoms with E-state index in [2.05, 4.69) is 22.9 Å². The number of anilines is 1. The van der Waals surface area contributed by atoms with Crippen LogP contribution < -0.4 is 4.90 Å². The predicted octanol–water partition coefficient (Wildman–Crippen LogP) is 3.26. The van der Waals surface area contributed by atoms with Crippen LogP contribution in [0.3, 0.4) is 0 Å². The fourth-order valence-corrected chi connectivity index (χ4v) is 2.26. The molecule has 16 heavy (non-hydrogen) atoms. The maximum absolute atomic E-state index is 11.9. The maximum atomic E-state index is 11.9. The molecule has 86 valence electrons. The molecule has 0 radical (unpaired) electrons. The summed E-state index contributed by atoms with van der Waals surface area (Å²) in [7, 11) is 0. The minimum atomic E-state index is 0.171. The van der Waals surface area contributed by atoms with Gasteiger partial charge in [-0.05, 0) is 23.6 Å². The molecule has 4 heteroatoms. The summed E-state index contributed by atoms with van der Waals surface area (Å²) in [4.78, 5) is 13.7. The van der Waals surface area contributed by atoms with E-state index < -0.39 is 0 Å². The van der Waals surface area contributed by atoms with Crippen LogP contribution in [-0.4, -0.2) is 17.8 Å². The molecule has 0 saturated carbocycles. The number of fused-ring (bicyclic) bond motifs is 1. The molecule has 0 aromatic heterocycles. The predicted molar refractivity (Wildman–Crippen MR) is 70.5 cm³/mol. The normalized spacial score (nSPS) is 16.4. The largest absolute Gasteiger partial charge is 0.311 e. The Morgan fingerprint density at radius 3 is 3.00 bits per heavy atom. The molecule has 1 atom stereocenters. The van der Waals surface area contributed by atoms with E-state index in [4.69, 9.17) is 11.6 Å². The summed E-state index contributed by atoms with van der Waals surface area (Å²) in [6, 6.07) is 5.65. The van der Waals surface area contributed by atoms with Crippen LogP contribution in [0.4, 0.5) is 5.69 Å². The van der Waals surface area contributed by atoms with Crippen molar-refractivity contribution in [1.82, 2.24) is 0 Å². The van der Waals surface area contributed by atoms with E-state index in [-0.39, 0.29) is 5.91 Å². The van der Waals surface area contributed by atoms with Crippen LogP contribution in [0.2, 0.25) is 5.02 Å². The van der Waals surface area contributed by atoms with Crippen molar-refractivity contribution < 1.29 is 4.79 Å². The van der Waals surface area contributed by atoms with Crippen LogP contribution in [-0.2, 0) is 11.2 Å². The first kappa shape index (κ1) is 11.9. The van der Waals surface area contributed by atoms with E-state index in [1.807, 2.05) is 23.1 Å². The number of carbonyl (C=O) groups excluding carboxylic acids is 1. The molecule has 1 aliphatic heterocycles.